The molecular weight excluding hydrogens is 220 g/mol. The predicted molar refractivity (Wildman–Crippen MR) is 66.9 cm³/mol. The van der Waals surface area contributed by atoms with E-state index in [9.17, 15) is 10.1 Å². The van der Waals surface area contributed by atoms with Crippen LogP contribution >= 0.6 is 0 Å². The van der Waals surface area contributed by atoms with Crippen LogP contribution in [0.4, 0.5) is 11.4 Å². The maximum atomic E-state index is 10.8. The van der Waals surface area contributed by atoms with Crippen LogP contribution in [0.15, 0.2) is 40.7 Å². The molecule has 90 valence electrons. The molecule has 0 aliphatic carbocycles. The van der Waals surface area contributed by atoms with Gasteiger partial charge in [0.05, 0.1) is 16.3 Å². The maximum Gasteiger partial charge on any atom is 0.294 e. The second-order valence-corrected chi connectivity index (χ2v) is 3.54. The molecule has 1 aromatic carbocycles. The largest absolute Gasteiger partial charge is 0.401 e. The Labute approximate surface area is 98.8 Å². The monoisotopic (exact) mass is 234 g/mol. The zero-order valence-corrected chi connectivity index (χ0v) is 9.68. The molecule has 6 nitrogen and oxygen atoms in total. The Bertz CT molecular complexity index is 502. The first kappa shape index (κ1) is 12.7. The van der Waals surface area contributed by atoms with Crippen molar-refractivity contribution in [3.05, 3.63) is 45.8 Å². The molecule has 1 aromatic rings. The van der Waals surface area contributed by atoms with E-state index in [1.54, 1.807) is 32.0 Å². The Morgan fingerprint density at radius 3 is 2.41 bits per heavy atom. The van der Waals surface area contributed by atoms with Crippen molar-refractivity contribution in [1.82, 2.24) is 0 Å². The van der Waals surface area contributed by atoms with Crippen LogP contribution in [0.3, 0.4) is 0 Å². The highest BCUT2D eigenvalue weighted by molar-refractivity contribution is 5.99. The smallest absolute Gasteiger partial charge is 0.294 e. The SMILES string of the molecule is CC(=Nc1ccccc1[N+](=O)[O-])C(N)=C(C)N. The van der Waals surface area contributed by atoms with Gasteiger partial charge in [0, 0.05) is 11.8 Å². The summed E-state index contributed by atoms with van der Waals surface area (Å²) in [5.41, 5.74) is 12.6. The van der Waals surface area contributed by atoms with Gasteiger partial charge < -0.3 is 11.5 Å². The van der Waals surface area contributed by atoms with E-state index >= 15 is 0 Å². The predicted octanol–water partition coefficient (Wildman–Crippen LogP) is 1.84. The lowest BCUT2D eigenvalue weighted by Crippen LogP contribution is -2.14. The molecule has 0 amide bonds. The number of benzene rings is 1. The minimum absolute atomic E-state index is 0.0608. The standard InChI is InChI=1S/C11H14N4O2/c1-7(12)11(13)8(2)14-9-5-3-4-6-10(9)15(16)17/h3-6H,12-13H2,1-2H3. The number of allylic oxidation sites excluding steroid dienone is 2. The van der Waals surface area contributed by atoms with Crippen molar-refractivity contribution in [2.24, 2.45) is 16.5 Å². The summed E-state index contributed by atoms with van der Waals surface area (Å²) in [7, 11) is 0. The Hall–Kier alpha value is -2.37. The number of nitro benzene ring substituents is 1. The van der Waals surface area contributed by atoms with Crippen LogP contribution in [0.2, 0.25) is 0 Å². The van der Waals surface area contributed by atoms with Crippen molar-refractivity contribution in [2.75, 3.05) is 0 Å². The molecule has 0 saturated carbocycles. The first-order valence-electron chi connectivity index (χ1n) is 4.94. The summed E-state index contributed by atoms with van der Waals surface area (Å²) in [5, 5.41) is 10.8. The lowest BCUT2D eigenvalue weighted by molar-refractivity contribution is -0.384. The third-order valence-corrected chi connectivity index (χ3v) is 2.18. The normalized spacial score (nSPS) is 13.2. The summed E-state index contributed by atoms with van der Waals surface area (Å²) >= 11 is 0. The van der Waals surface area contributed by atoms with Crippen LogP contribution < -0.4 is 11.5 Å². The first-order chi connectivity index (χ1) is 7.93. The Kier molecular flexibility index (Phi) is 3.82. The van der Waals surface area contributed by atoms with E-state index in [4.69, 9.17) is 11.5 Å². The zero-order valence-electron chi connectivity index (χ0n) is 9.68. The molecule has 0 aromatic heterocycles. The summed E-state index contributed by atoms with van der Waals surface area (Å²) in [6, 6.07) is 6.20. The molecule has 0 fully saturated rings. The van der Waals surface area contributed by atoms with Gasteiger partial charge in [-0.15, -0.1) is 0 Å². The number of nitrogens with two attached hydrogens (primary N) is 2. The molecule has 4 N–H and O–H groups in total. The van der Waals surface area contributed by atoms with Gasteiger partial charge in [-0.05, 0) is 19.9 Å². The number of hydrogen-bond acceptors (Lipinski definition) is 5. The number of aliphatic imine (C=N–C) groups is 1. The van der Waals surface area contributed by atoms with Crippen molar-refractivity contribution < 1.29 is 4.92 Å². The molecule has 0 aliphatic rings. The molecule has 1 rings (SSSR count). The van der Waals surface area contributed by atoms with E-state index in [0.29, 0.717) is 17.1 Å². The third-order valence-electron chi connectivity index (χ3n) is 2.18. The molecule has 0 radical (unpaired) electrons. The summed E-state index contributed by atoms with van der Waals surface area (Å²) in [5.74, 6) is 0. The second-order valence-electron chi connectivity index (χ2n) is 3.54. The van der Waals surface area contributed by atoms with Gasteiger partial charge >= 0.3 is 0 Å². The van der Waals surface area contributed by atoms with E-state index < -0.39 is 4.92 Å². The lowest BCUT2D eigenvalue weighted by atomic mass is 10.2. The molecule has 0 heterocycles. The molecule has 17 heavy (non-hydrogen) atoms. The van der Waals surface area contributed by atoms with Crippen LogP contribution in [0.1, 0.15) is 13.8 Å². The minimum atomic E-state index is -0.485. The first-order valence-corrected chi connectivity index (χ1v) is 4.94. The van der Waals surface area contributed by atoms with E-state index in [-0.39, 0.29) is 11.4 Å². The molecule has 6 heteroatoms. The fourth-order valence-corrected chi connectivity index (χ4v) is 1.24. The van der Waals surface area contributed by atoms with Gasteiger partial charge in [0.25, 0.3) is 5.69 Å². The topological polar surface area (TPSA) is 108 Å². The number of nitro groups is 1. The number of rotatable bonds is 3. The van der Waals surface area contributed by atoms with Crippen molar-refractivity contribution in [1.29, 1.82) is 0 Å². The average Bonchev–Trinajstić information content (AvgIpc) is 2.28. The van der Waals surface area contributed by atoms with Gasteiger partial charge in [0.2, 0.25) is 0 Å². The van der Waals surface area contributed by atoms with Crippen molar-refractivity contribution in [3.63, 3.8) is 0 Å². The highest BCUT2D eigenvalue weighted by Gasteiger charge is 2.12. The Balaban J connectivity index is 3.24. The van der Waals surface area contributed by atoms with Crippen LogP contribution in [0, 0.1) is 10.1 Å². The summed E-state index contributed by atoms with van der Waals surface area (Å²) < 4.78 is 0. The van der Waals surface area contributed by atoms with E-state index in [2.05, 4.69) is 4.99 Å². The number of para-hydroxylation sites is 2. The second kappa shape index (κ2) is 5.11. The van der Waals surface area contributed by atoms with Crippen molar-refractivity contribution in [2.45, 2.75) is 13.8 Å². The van der Waals surface area contributed by atoms with Gasteiger partial charge in [-0.1, -0.05) is 12.1 Å². The number of nitrogens with zero attached hydrogens (tertiary/aromatic N) is 2. The quantitative estimate of drug-likeness (QED) is 0.472. The number of hydrogen-bond donors (Lipinski definition) is 2. The molecule has 0 saturated heterocycles. The van der Waals surface area contributed by atoms with Crippen molar-refractivity contribution >= 4 is 17.1 Å². The van der Waals surface area contributed by atoms with Crippen LogP contribution in [0.25, 0.3) is 0 Å². The van der Waals surface area contributed by atoms with E-state index in [0.717, 1.165) is 0 Å². The maximum absolute atomic E-state index is 10.8. The van der Waals surface area contributed by atoms with E-state index in [1.165, 1.54) is 6.07 Å². The average molecular weight is 234 g/mol. The van der Waals surface area contributed by atoms with Gasteiger partial charge in [-0.25, -0.2) is 4.99 Å². The molecule has 0 spiro atoms. The molecular formula is C11H14N4O2. The fourth-order valence-electron chi connectivity index (χ4n) is 1.24. The third kappa shape index (κ3) is 3.04. The highest BCUT2D eigenvalue weighted by atomic mass is 16.6. The Morgan fingerprint density at radius 2 is 1.88 bits per heavy atom. The summed E-state index contributed by atoms with van der Waals surface area (Å²) in [6.45, 7) is 3.30. The Morgan fingerprint density at radius 1 is 1.29 bits per heavy atom. The van der Waals surface area contributed by atoms with Gasteiger partial charge in [0.15, 0.2) is 0 Å². The summed E-state index contributed by atoms with van der Waals surface area (Å²) in [4.78, 5) is 14.4. The van der Waals surface area contributed by atoms with E-state index in [1.807, 2.05) is 0 Å². The fraction of sp³-hybridized carbons (Fsp3) is 0.182. The van der Waals surface area contributed by atoms with Crippen LogP contribution in [-0.4, -0.2) is 10.6 Å². The lowest BCUT2D eigenvalue weighted by Gasteiger charge is -2.03. The molecule has 0 bridgehead atoms. The zero-order chi connectivity index (χ0) is 13.0. The summed E-state index contributed by atoms with van der Waals surface area (Å²) in [6.07, 6.45) is 0. The molecule has 0 atom stereocenters. The highest BCUT2D eigenvalue weighted by Crippen LogP contribution is 2.26. The van der Waals surface area contributed by atoms with Crippen LogP contribution in [0.5, 0.6) is 0 Å². The van der Waals surface area contributed by atoms with Gasteiger partial charge in [0.1, 0.15) is 5.69 Å². The van der Waals surface area contributed by atoms with Crippen molar-refractivity contribution in [3.8, 4) is 0 Å². The molecule has 0 unspecified atom stereocenters. The van der Waals surface area contributed by atoms with Gasteiger partial charge in [-0.2, -0.15) is 0 Å². The molecule has 0 aliphatic heterocycles. The minimum Gasteiger partial charge on any atom is -0.401 e. The van der Waals surface area contributed by atoms with Crippen LogP contribution in [-0.2, 0) is 0 Å². The van der Waals surface area contributed by atoms with Gasteiger partial charge in [-0.3, -0.25) is 10.1 Å².